The Morgan fingerprint density at radius 1 is 1.24 bits per heavy atom. The number of halogens is 1. The second kappa shape index (κ2) is 7.98. The maximum atomic E-state index is 13.2. The predicted molar refractivity (Wildman–Crippen MR) is 93.5 cm³/mol. The third-order valence-corrected chi connectivity index (χ3v) is 4.11. The van der Waals surface area contributed by atoms with E-state index in [-0.39, 0.29) is 11.8 Å². The molecule has 5 nitrogen and oxygen atoms in total. The van der Waals surface area contributed by atoms with Crippen molar-refractivity contribution in [3.05, 3.63) is 54.3 Å². The zero-order chi connectivity index (χ0) is 17.6. The predicted octanol–water partition coefficient (Wildman–Crippen LogP) is 4.12. The molecule has 2 aromatic rings. The molecule has 2 amide bonds. The Labute approximate surface area is 146 Å². The van der Waals surface area contributed by atoms with Gasteiger partial charge in [0, 0.05) is 37.9 Å². The molecule has 0 aromatic heterocycles. The molecule has 1 heterocycles. The monoisotopic (exact) mass is 344 g/mol. The fourth-order valence-electron chi connectivity index (χ4n) is 2.86. The first-order chi connectivity index (χ1) is 12.1. The van der Waals surface area contributed by atoms with E-state index in [2.05, 4.69) is 5.32 Å². The first-order valence-electron chi connectivity index (χ1n) is 8.22. The van der Waals surface area contributed by atoms with Crippen molar-refractivity contribution in [3.8, 4) is 11.5 Å². The smallest absolute Gasteiger partial charge is 0.321 e. The number of nitrogens with one attached hydrogen (secondary N) is 1. The number of ether oxygens (including phenoxy) is 2. The number of carbonyl (C=O) groups excluding carboxylic acids is 1. The van der Waals surface area contributed by atoms with Gasteiger partial charge in [0.2, 0.25) is 0 Å². The van der Waals surface area contributed by atoms with Crippen LogP contribution in [0.4, 0.5) is 14.9 Å². The summed E-state index contributed by atoms with van der Waals surface area (Å²) >= 11 is 0. The average Bonchev–Trinajstić information content (AvgIpc) is 3.06. The molecule has 0 aliphatic carbocycles. The highest BCUT2D eigenvalue weighted by Crippen LogP contribution is 2.24. The number of urea groups is 1. The maximum absolute atomic E-state index is 13.2. The van der Waals surface area contributed by atoms with Gasteiger partial charge in [-0.2, -0.15) is 0 Å². The van der Waals surface area contributed by atoms with Gasteiger partial charge in [0.25, 0.3) is 0 Å². The lowest BCUT2D eigenvalue weighted by molar-refractivity contribution is 0.154. The minimum absolute atomic E-state index is 0.114. The van der Waals surface area contributed by atoms with Crippen LogP contribution in [-0.4, -0.2) is 37.7 Å². The van der Waals surface area contributed by atoms with Crippen molar-refractivity contribution in [2.45, 2.75) is 6.42 Å². The lowest BCUT2D eigenvalue weighted by atomic mass is 10.1. The first-order valence-corrected chi connectivity index (χ1v) is 8.22. The molecule has 1 fully saturated rings. The number of hydrogen-bond donors (Lipinski definition) is 1. The summed E-state index contributed by atoms with van der Waals surface area (Å²) < 4.78 is 23.9. The van der Waals surface area contributed by atoms with Crippen molar-refractivity contribution in [1.29, 1.82) is 0 Å². The molecular formula is C19H21FN2O3. The molecule has 3 rings (SSSR count). The number of carbonyl (C=O) groups is 1. The van der Waals surface area contributed by atoms with Gasteiger partial charge in [-0.05, 0) is 42.8 Å². The van der Waals surface area contributed by atoms with Crippen LogP contribution in [0.5, 0.6) is 11.5 Å². The molecule has 2 aromatic carbocycles. The largest absolute Gasteiger partial charge is 0.457 e. The van der Waals surface area contributed by atoms with Crippen LogP contribution in [0.25, 0.3) is 0 Å². The van der Waals surface area contributed by atoms with Crippen molar-refractivity contribution >= 4 is 11.7 Å². The van der Waals surface area contributed by atoms with Crippen LogP contribution in [0.2, 0.25) is 0 Å². The third kappa shape index (κ3) is 4.70. The highest BCUT2D eigenvalue weighted by atomic mass is 19.1. The van der Waals surface area contributed by atoms with Crippen molar-refractivity contribution in [1.82, 2.24) is 4.90 Å². The Morgan fingerprint density at radius 2 is 2.04 bits per heavy atom. The molecule has 0 bridgehead atoms. The second-order valence-electron chi connectivity index (χ2n) is 6.07. The molecule has 0 saturated carbocycles. The van der Waals surface area contributed by atoms with Crippen LogP contribution < -0.4 is 10.1 Å². The van der Waals surface area contributed by atoms with Crippen molar-refractivity contribution in [3.63, 3.8) is 0 Å². The van der Waals surface area contributed by atoms with Gasteiger partial charge in [-0.1, -0.05) is 6.07 Å². The van der Waals surface area contributed by atoms with E-state index in [4.69, 9.17) is 9.47 Å². The third-order valence-electron chi connectivity index (χ3n) is 4.11. The minimum atomic E-state index is -0.348. The van der Waals surface area contributed by atoms with E-state index in [9.17, 15) is 9.18 Å². The minimum Gasteiger partial charge on any atom is -0.457 e. The summed E-state index contributed by atoms with van der Waals surface area (Å²) in [7, 11) is 1.68. The lowest BCUT2D eigenvalue weighted by Crippen LogP contribution is -2.33. The highest BCUT2D eigenvalue weighted by Gasteiger charge is 2.26. The highest BCUT2D eigenvalue weighted by molar-refractivity contribution is 5.89. The first kappa shape index (κ1) is 17.2. The summed E-state index contributed by atoms with van der Waals surface area (Å²) in [6.45, 7) is 2.12. The van der Waals surface area contributed by atoms with Crippen molar-refractivity contribution in [2.75, 3.05) is 32.1 Å². The van der Waals surface area contributed by atoms with Gasteiger partial charge in [-0.15, -0.1) is 0 Å². The van der Waals surface area contributed by atoms with Gasteiger partial charge in [-0.3, -0.25) is 0 Å². The molecule has 1 saturated heterocycles. The zero-order valence-electron chi connectivity index (χ0n) is 14.1. The fourth-order valence-corrected chi connectivity index (χ4v) is 2.86. The van der Waals surface area contributed by atoms with E-state index >= 15 is 0 Å². The van der Waals surface area contributed by atoms with Gasteiger partial charge < -0.3 is 19.7 Å². The van der Waals surface area contributed by atoms with E-state index in [0.29, 0.717) is 36.3 Å². The standard InChI is InChI=1S/C19H21FN2O3/c1-24-13-14-9-10-22(12-14)19(23)21-16-5-7-17(8-6-16)25-18-4-2-3-15(20)11-18/h2-8,11,14H,9-10,12-13H2,1H3,(H,21,23)/t14-/m0/s1. The van der Waals surface area contributed by atoms with Gasteiger partial charge in [0.05, 0.1) is 6.61 Å². The number of hydrogen-bond acceptors (Lipinski definition) is 3. The summed E-state index contributed by atoms with van der Waals surface area (Å²) in [5.41, 5.74) is 0.687. The van der Waals surface area contributed by atoms with Gasteiger partial charge in [0.1, 0.15) is 17.3 Å². The van der Waals surface area contributed by atoms with Crippen molar-refractivity contribution < 1.29 is 18.7 Å². The molecule has 6 heteroatoms. The number of rotatable bonds is 5. The van der Waals surface area contributed by atoms with E-state index in [1.165, 1.54) is 12.1 Å². The Kier molecular flexibility index (Phi) is 5.50. The molecule has 1 atom stereocenters. The quantitative estimate of drug-likeness (QED) is 0.888. The van der Waals surface area contributed by atoms with Crippen LogP contribution in [0, 0.1) is 11.7 Å². The summed E-state index contributed by atoms with van der Waals surface area (Å²) in [4.78, 5) is 14.1. The average molecular weight is 344 g/mol. The van der Waals surface area contributed by atoms with Crippen LogP contribution >= 0.6 is 0 Å². The molecule has 0 spiro atoms. The summed E-state index contributed by atoms with van der Waals surface area (Å²) in [6, 6.07) is 12.8. The molecule has 132 valence electrons. The second-order valence-corrected chi connectivity index (χ2v) is 6.07. The Balaban J connectivity index is 1.55. The van der Waals surface area contributed by atoms with E-state index < -0.39 is 0 Å². The van der Waals surface area contributed by atoms with E-state index in [0.717, 1.165) is 13.0 Å². The van der Waals surface area contributed by atoms with E-state index in [1.54, 1.807) is 48.4 Å². The van der Waals surface area contributed by atoms with E-state index in [1.807, 2.05) is 0 Å². The number of benzene rings is 2. The summed E-state index contributed by atoms with van der Waals surface area (Å²) in [5, 5.41) is 2.88. The van der Waals surface area contributed by atoms with Crippen LogP contribution in [0.15, 0.2) is 48.5 Å². The fraction of sp³-hybridized carbons (Fsp3) is 0.316. The van der Waals surface area contributed by atoms with Gasteiger partial charge >= 0.3 is 6.03 Å². The SMILES string of the molecule is COC[C@H]1CCN(C(=O)Nc2ccc(Oc3cccc(F)c3)cc2)C1. The van der Waals surface area contributed by atoms with Crippen LogP contribution in [0.3, 0.4) is 0 Å². The number of anilines is 1. The molecule has 1 aliphatic rings. The molecule has 0 unspecified atom stereocenters. The lowest BCUT2D eigenvalue weighted by Gasteiger charge is -2.17. The topological polar surface area (TPSA) is 50.8 Å². The molecule has 1 N–H and O–H groups in total. The normalized spacial score (nSPS) is 16.7. The zero-order valence-corrected chi connectivity index (χ0v) is 14.1. The maximum Gasteiger partial charge on any atom is 0.321 e. The summed E-state index contributed by atoms with van der Waals surface area (Å²) in [6.07, 6.45) is 0.960. The molecule has 25 heavy (non-hydrogen) atoms. The molecule has 0 radical (unpaired) electrons. The van der Waals surface area contributed by atoms with Gasteiger partial charge in [-0.25, -0.2) is 9.18 Å². The number of amides is 2. The molecule has 1 aliphatic heterocycles. The Hall–Kier alpha value is -2.60. The number of nitrogens with zero attached hydrogens (tertiary/aromatic N) is 1. The van der Waals surface area contributed by atoms with Crippen molar-refractivity contribution in [2.24, 2.45) is 5.92 Å². The van der Waals surface area contributed by atoms with Crippen LogP contribution in [0.1, 0.15) is 6.42 Å². The Bertz CT molecular complexity index is 721. The number of likely N-dealkylation sites (tertiary alicyclic amines) is 1. The number of methoxy groups -OCH3 is 1. The molecular weight excluding hydrogens is 323 g/mol. The Morgan fingerprint density at radius 3 is 2.76 bits per heavy atom. The van der Waals surface area contributed by atoms with Gasteiger partial charge in [0.15, 0.2) is 0 Å². The van der Waals surface area contributed by atoms with Crippen LogP contribution in [-0.2, 0) is 4.74 Å². The summed E-state index contributed by atoms with van der Waals surface area (Å²) in [5.74, 6) is 1.06.